The van der Waals surface area contributed by atoms with E-state index in [1.54, 1.807) is 23.9 Å². The van der Waals surface area contributed by atoms with Gasteiger partial charge in [0.2, 0.25) is 5.88 Å². The second-order valence-electron chi connectivity index (χ2n) is 7.77. The van der Waals surface area contributed by atoms with Crippen molar-refractivity contribution in [1.82, 2.24) is 24.6 Å². The zero-order chi connectivity index (χ0) is 23.0. The minimum absolute atomic E-state index is 0.00210. The Kier molecular flexibility index (Phi) is 5.62. The predicted molar refractivity (Wildman–Crippen MR) is 110 cm³/mol. The molecule has 1 aromatic carbocycles. The van der Waals surface area contributed by atoms with Crippen molar-refractivity contribution in [1.29, 1.82) is 0 Å². The Morgan fingerprint density at radius 1 is 1.25 bits per heavy atom. The molecule has 0 radical (unpaired) electrons. The van der Waals surface area contributed by atoms with Gasteiger partial charge in [0.05, 0.1) is 17.9 Å². The van der Waals surface area contributed by atoms with E-state index in [4.69, 9.17) is 4.74 Å². The number of halogens is 3. The van der Waals surface area contributed by atoms with Gasteiger partial charge in [0.15, 0.2) is 6.61 Å². The van der Waals surface area contributed by atoms with Gasteiger partial charge in [-0.3, -0.25) is 9.48 Å². The van der Waals surface area contributed by atoms with Crippen LogP contribution in [0.2, 0.25) is 0 Å². The maximum atomic E-state index is 14.9. The second-order valence-corrected chi connectivity index (χ2v) is 7.77. The molecule has 0 unspecified atom stereocenters. The number of carbonyl (C=O) groups excluding carboxylic acids is 1. The minimum Gasteiger partial charge on any atom is -0.471 e. The number of hydrogen-bond donors (Lipinski definition) is 0. The fraction of sp³-hybridized carbons (Fsp3) is 0.364. The van der Waals surface area contributed by atoms with Crippen molar-refractivity contribution in [2.24, 2.45) is 7.05 Å². The predicted octanol–water partition coefficient (Wildman–Crippen LogP) is 3.90. The number of aromatic nitrogens is 4. The molecule has 0 N–H and O–H groups in total. The van der Waals surface area contributed by atoms with E-state index >= 15 is 0 Å². The highest BCUT2D eigenvalue weighted by Gasteiger charge is 2.35. The number of aryl methyl sites for hydroxylation is 2. The molecule has 0 saturated heterocycles. The summed E-state index contributed by atoms with van der Waals surface area (Å²) in [7, 11) is 1.79. The molecular formula is C22H22F3N5O2. The van der Waals surface area contributed by atoms with Crippen LogP contribution in [0.4, 0.5) is 13.2 Å². The second kappa shape index (κ2) is 8.25. The average molecular weight is 445 g/mol. The Labute approximate surface area is 182 Å². The Bertz CT molecular complexity index is 1180. The van der Waals surface area contributed by atoms with E-state index in [1.807, 2.05) is 13.1 Å². The van der Waals surface area contributed by atoms with Crippen molar-refractivity contribution >= 4 is 5.91 Å². The molecule has 0 atom stereocenters. The van der Waals surface area contributed by atoms with Crippen LogP contribution in [-0.2, 0) is 20.1 Å². The quantitative estimate of drug-likeness (QED) is 0.552. The molecule has 168 valence electrons. The Balaban J connectivity index is 1.53. The summed E-state index contributed by atoms with van der Waals surface area (Å²) in [6.45, 7) is 2.41. The SMILES string of the molecule is CCC(F)(F)COc1ncnc2c1C(=O)N(Cc1ccc(-c3cn(C)nc3C)cc1F)C2. The monoisotopic (exact) mass is 445 g/mol. The summed E-state index contributed by atoms with van der Waals surface area (Å²) in [5.41, 5.74) is 3.02. The zero-order valence-corrected chi connectivity index (χ0v) is 17.9. The van der Waals surface area contributed by atoms with Gasteiger partial charge in [-0.2, -0.15) is 5.10 Å². The first-order valence-electron chi connectivity index (χ1n) is 10.1. The number of fused-ring (bicyclic) bond motifs is 1. The van der Waals surface area contributed by atoms with Crippen molar-refractivity contribution in [3.8, 4) is 17.0 Å². The lowest BCUT2D eigenvalue weighted by atomic mass is 10.0. The topological polar surface area (TPSA) is 73.1 Å². The van der Waals surface area contributed by atoms with Gasteiger partial charge in [0.25, 0.3) is 11.8 Å². The highest BCUT2D eigenvalue weighted by Crippen LogP contribution is 2.31. The van der Waals surface area contributed by atoms with Crippen LogP contribution in [-0.4, -0.2) is 43.1 Å². The van der Waals surface area contributed by atoms with E-state index in [2.05, 4.69) is 15.1 Å². The van der Waals surface area contributed by atoms with Crippen LogP contribution < -0.4 is 4.74 Å². The van der Waals surface area contributed by atoms with Crippen molar-refractivity contribution in [2.45, 2.75) is 39.3 Å². The van der Waals surface area contributed by atoms with Crippen molar-refractivity contribution < 1.29 is 22.7 Å². The van der Waals surface area contributed by atoms with Crippen molar-refractivity contribution in [3.63, 3.8) is 0 Å². The lowest BCUT2D eigenvalue weighted by molar-refractivity contribution is -0.0449. The Hall–Kier alpha value is -3.43. The molecule has 0 bridgehead atoms. The highest BCUT2D eigenvalue weighted by molar-refractivity contribution is 5.99. The van der Waals surface area contributed by atoms with Gasteiger partial charge >= 0.3 is 0 Å². The number of hydrogen-bond acceptors (Lipinski definition) is 5. The lowest BCUT2D eigenvalue weighted by Crippen LogP contribution is -2.26. The molecule has 0 saturated carbocycles. The summed E-state index contributed by atoms with van der Waals surface area (Å²) < 4.78 is 48.8. The van der Waals surface area contributed by atoms with Crippen LogP contribution in [0.5, 0.6) is 5.88 Å². The van der Waals surface area contributed by atoms with Crippen LogP contribution in [0.1, 0.15) is 40.7 Å². The van der Waals surface area contributed by atoms with Gasteiger partial charge in [-0.1, -0.05) is 19.1 Å². The smallest absolute Gasteiger partial charge is 0.281 e. The van der Waals surface area contributed by atoms with Crippen LogP contribution in [0, 0.1) is 12.7 Å². The number of amides is 1. The first kappa shape index (κ1) is 21.8. The number of benzene rings is 1. The maximum absolute atomic E-state index is 14.9. The third-order valence-electron chi connectivity index (χ3n) is 5.41. The van der Waals surface area contributed by atoms with Crippen molar-refractivity contribution in [2.75, 3.05) is 6.61 Å². The molecule has 10 heteroatoms. The van der Waals surface area contributed by atoms with Gasteiger partial charge in [0.1, 0.15) is 17.7 Å². The molecule has 1 aliphatic rings. The summed E-state index contributed by atoms with van der Waals surface area (Å²) in [5.74, 6) is -4.16. The van der Waals surface area contributed by atoms with E-state index in [0.29, 0.717) is 16.8 Å². The molecule has 0 aliphatic carbocycles. The fourth-order valence-corrected chi connectivity index (χ4v) is 3.59. The van der Waals surface area contributed by atoms with Gasteiger partial charge in [-0.25, -0.2) is 23.1 Å². The molecule has 3 heterocycles. The molecular weight excluding hydrogens is 423 g/mol. The highest BCUT2D eigenvalue weighted by atomic mass is 19.3. The Morgan fingerprint density at radius 2 is 2.03 bits per heavy atom. The molecule has 1 amide bonds. The summed E-state index contributed by atoms with van der Waals surface area (Å²) in [6, 6.07) is 4.81. The molecule has 4 rings (SSSR count). The van der Waals surface area contributed by atoms with Gasteiger partial charge in [-0.15, -0.1) is 0 Å². The molecule has 32 heavy (non-hydrogen) atoms. The third kappa shape index (κ3) is 4.17. The summed E-state index contributed by atoms with van der Waals surface area (Å²) in [5, 5.41) is 4.27. The van der Waals surface area contributed by atoms with Gasteiger partial charge in [-0.05, 0) is 18.6 Å². The first-order valence-corrected chi connectivity index (χ1v) is 10.1. The molecule has 0 spiro atoms. The summed E-state index contributed by atoms with van der Waals surface area (Å²) in [6.07, 6.45) is 2.58. The fourth-order valence-electron chi connectivity index (χ4n) is 3.59. The minimum atomic E-state index is -3.03. The number of rotatable bonds is 7. The van der Waals surface area contributed by atoms with Crippen LogP contribution in [0.3, 0.4) is 0 Å². The van der Waals surface area contributed by atoms with Gasteiger partial charge < -0.3 is 9.64 Å². The number of carbonyl (C=O) groups is 1. The molecule has 0 fully saturated rings. The summed E-state index contributed by atoms with van der Waals surface area (Å²) in [4.78, 5) is 22.2. The molecule has 7 nitrogen and oxygen atoms in total. The van der Waals surface area contributed by atoms with Crippen molar-refractivity contribution in [3.05, 3.63) is 59.1 Å². The molecule has 2 aromatic heterocycles. The first-order chi connectivity index (χ1) is 15.2. The normalized spacial score (nSPS) is 13.6. The van der Waals surface area contributed by atoms with Crippen LogP contribution in [0.15, 0.2) is 30.7 Å². The molecule has 3 aromatic rings. The van der Waals surface area contributed by atoms with Gasteiger partial charge in [0, 0.05) is 37.3 Å². The van der Waals surface area contributed by atoms with Crippen LogP contribution in [0.25, 0.3) is 11.1 Å². The third-order valence-corrected chi connectivity index (χ3v) is 5.41. The number of ether oxygens (including phenoxy) is 1. The maximum Gasteiger partial charge on any atom is 0.281 e. The average Bonchev–Trinajstić information content (AvgIpc) is 3.26. The molecule has 1 aliphatic heterocycles. The number of alkyl halides is 2. The summed E-state index contributed by atoms with van der Waals surface area (Å²) >= 11 is 0. The largest absolute Gasteiger partial charge is 0.471 e. The van der Waals surface area contributed by atoms with Crippen LogP contribution >= 0.6 is 0 Å². The lowest BCUT2D eigenvalue weighted by Gasteiger charge is -2.17. The van der Waals surface area contributed by atoms with E-state index in [1.165, 1.54) is 24.2 Å². The standard InChI is InChI=1S/C22H22F3N5O2/c1-4-22(24,25)11-32-20-19-18(26-12-27-20)10-30(21(19)31)8-15-6-5-14(7-17(15)23)16-9-29(3)28-13(16)2/h5-7,9,12H,4,8,10-11H2,1-3H3. The van der Waals surface area contributed by atoms with E-state index in [9.17, 15) is 18.0 Å². The van der Waals surface area contributed by atoms with E-state index < -0.39 is 30.7 Å². The zero-order valence-electron chi connectivity index (χ0n) is 17.9. The number of nitrogens with zero attached hydrogens (tertiary/aromatic N) is 5. The van der Waals surface area contributed by atoms with E-state index in [0.717, 1.165) is 11.3 Å². The Morgan fingerprint density at radius 3 is 2.69 bits per heavy atom. The van der Waals surface area contributed by atoms with E-state index in [-0.39, 0.29) is 24.5 Å².